The molecule has 32 heavy (non-hydrogen) atoms. The molecule has 2 rings (SSSR count). The molecule has 15 heteroatoms. The second-order valence-corrected chi connectivity index (χ2v) is 8.46. The van der Waals surface area contributed by atoms with Gasteiger partial charge < -0.3 is 5.84 Å². The molecule has 0 atom stereocenters. The fraction of sp³-hybridized carbons (Fsp3) is 0.353. The van der Waals surface area contributed by atoms with E-state index >= 15 is 0 Å². The summed E-state index contributed by atoms with van der Waals surface area (Å²) < 4.78 is 66.7. The number of nitrogens with one attached hydrogen (secondary N) is 2. The lowest BCUT2D eigenvalue weighted by Crippen LogP contribution is -2.45. The van der Waals surface area contributed by atoms with E-state index < -0.39 is 44.8 Å². The molecule has 0 spiro atoms. The van der Waals surface area contributed by atoms with Gasteiger partial charge in [0.1, 0.15) is 0 Å². The third kappa shape index (κ3) is 5.89. The highest BCUT2D eigenvalue weighted by molar-refractivity contribution is 7.88. The van der Waals surface area contributed by atoms with E-state index in [1.165, 1.54) is 0 Å². The van der Waals surface area contributed by atoms with Crippen LogP contribution in [0.4, 0.5) is 13.2 Å². The molecule has 0 unspecified atom stereocenters. The van der Waals surface area contributed by atoms with E-state index in [2.05, 4.69) is 4.72 Å². The average molecular weight is 498 g/mol. The van der Waals surface area contributed by atoms with Gasteiger partial charge in [-0.05, 0) is 24.6 Å². The Labute approximate surface area is 184 Å². The zero-order chi connectivity index (χ0) is 24.3. The van der Waals surface area contributed by atoms with Crippen LogP contribution < -0.4 is 26.5 Å². The Morgan fingerprint density at radius 2 is 1.84 bits per heavy atom. The van der Waals surface area contributed by atoms with Crippen LogP contribution in [0.3, 0.4) is 0 Å². The molecule has 0 aliphatic rings. The second kappa shape index (κ2) is 9.75. The van der Waals surface area contributed by atoms with Crippen molar-refractivity contribution in [1.29, 1.82) is 0 Å². The van der Waals surface area contributed by atoms with Crippen LogP contribution >= 0.6 is 11.6 Å². The number of carbonyl (C=O) groups excluding carboxylic acids is 1. The summed E-state index contributed by atoms with van der Waals surface area (Å²) >= 11 is 5.93. The number of aromatic nitrogens is 2. The number of nitrogen functional groups attached to an aromatic ring is 1. The van der Waals surface area contributed by atoms with E-state index in [-0.39, 0.29) is 32.6 Å². The highest BCUT2D eigenvalue weighted by Crippen LogP contribution is 2.26. The number of carbonyl (C=O) groups is 1. The molecular formula is C17H19ClF3N5O5S. The first kappa shape index (κ1) is 25.4. The smallest absolute Gasteiger partial charge is 0.335 e. The first-order valence-corrected chi connectivity index (χ1v) is 11.0. The van der Waals surface area contributed by atoms with Crippen molar-refractivity contribution in [2.24, 2.45) is 0 Å². The number of halogens is 4. The Morgan fingerprint density at radius 3 is 2.44 bits per heavy atom. The van der Waals surface area contributed by atoms with Crippen molar-refractivity contribution in [3.63, 3.8) is 0 Å². The van der Waals surface area contributed by atoms with Crippen LogP contribution in [0.2, 0.25) is 5.02 Å². The van der Waals surface area contributed by atoms with E-state index in [9.17, 15) is 36.0 Å². The Balaban J connectivity index is 2.42. The summed E-state index contributed by atoms with van der Waals surface area (Å²) in [7, 11) is -4.24. The van der Waals surface area contributed by atoms with Gasteiger partial charge in [-0.1, -0.05) is 31.4 Å². The van der Waals surface area contributed by atoms with Crippen molar-refractivity contribution in [3.05, 3.63) is 61.4 Å². The Kier molecular flexibility index (Phi) is 7.74. The molecule has 2 aromatic rings. The molecule has 0 fully saturated rings. The van der Waals surface area contributed by atoms with Gasteiger partial charge in [0.2, 0.25) is 0 Å². The summed E-state index contributed by atoms with van der Waals surface area (Å²) in [5, 5.41) is -0.236. The fourth-order valence-electron chi connectivity index (χ4n) is 2.63. The molecular weight excluding hydrogens is 479 g/mol. The Hall–Kier alpha value is -2.84. The highest BCUT2D eigenvalue weighted by atomic mass is 35.5. The predicted octanol–water partition coefficient (Wildman–Crippen LogP) is 1.14. The summed E-state index contributed by atoms with van der Waals surface area (Å²) in [5.74, 6) is 4.00. The number of hydrogen-bond acceptors (Lipinski definition) is 6. The summed E-state index contributed by atoms with van der Waals surface area (Å²) in [6.07, 6.45) is -2.89. The number of hydrogen-bond donors (Lipinski definition) is 3. The van der Waals surface area contributed by atoms with E-state index in [0.29, 0.717) is 6.42 Å². The van der Waals surface area contributed by atoms with Gasteiger partial charge in [-0.2, -0.15) is 26.3 Å². The van der Waals surface area contributed by atoms with Gasteiger partial charge in [0.15, 0.2) is 5.69 Å². The predicted molar refractivity (Wildman–Crippen MR) is 110 cm³/mol. The first-order valence-electron chi connectivity index (χ1n) is 9.11. The standard InChI is InChI=1S/C17H19ClF3N5O5S/c1-2-3-4-7-23-32(30,31)24-15(28)11-8-10(5-6-12(11)18)25-14(27)9-13(17(19,20)21)26(22)16(25)29/h5-6,8-9,23H,2-4,7,22H2,1H3,(H,24,28). The number of rotatable bonds is 8. The molecule has 176 valence electrons. The minimum atomic E-state index is -5.06. The third-order valence-corrected chi connectivity index (χ3v) is 5.55. The number of nitrogens with two attached hydrogens (primary N) is 1. The molecule has 0 radical (unpaired) electrons. The van der Waals surface area contributed by atoms with Crippen molar-refractivity contribution >= 4 is 27.7 Å². The maximum absolute atomic E-state index is 12.9. The molecule has 0 bridgehead atoms. The minimum Gasteiger partial charge on any atom is -0.335 e. The van der Waals surface area contributed by atoms with Crippen LogP contribution in [0.25, 0.3) is 5.69 Å². The molecule has 1 aromatic carbocycles. The summed E-state index contributed by atoms with van der Waals surface area (Å²) in [6, 6.07) is 3.13. The lowest BCUT2D eigenvalue weighted by Gasteiger charge is -2.14. The average Bonchev–Trinajstić information content (AvgIpc) is 2.68. The number of amides is 1. The molecule has 0 saturated heterocycles. The maximum Gasteiger partial charge on any atom is 0.433 e. The molecule has 0 aliphatic heterocycles. The summed E-state index contributed by atoms with van der Waals surface area (Å²) in [6.45, 7) is 2.01. The monoisotopic (exact) mass is 497 g/mol. The van der Waals surface area contributed by atoms with E-state index in [1.54, 1.807) is 4.72 Å². The number of benzene rings is 1. The van der Waals surface area contributed by atoms with Crippen LogP contribution in [-0.2, 0) is 16.4 Å². The molecule has 4 N–H and O–H groups in total. The number of alkyl halides is 3. The van der Waals surface area contributed by atoms with Crippen molar-refractivity contribution in [2.45, 2.75) is 32.4 Å². The molecule has 10 nitrogen and oxygen atoms in total. The first-order chi connectivity index (χ1) is 14.8. The molecule has 1 aromatic heterocycles. The lowest BCUT2D eigenvalue weighted by molar-refractivity contribution is -0.143. The number of nitrogens with zero attached hydrogens (tertiary/aromatic N) is 2. The van der Waals surface area contributed by atoms with Gasteiger partial charge in [-0.25, -0.2) is 18.8 Å². The van der Waals surface area contributed by atoms with Crippen LogP contribution in [0, 0.1) is 0 Å². The van der Waals surface area contributed by atoms with Crippen LogP contribution in [-0.4, -0.2) is 30.1 Å². The zero-order valence-corrected chi connectivity index (χ0v) is 18.1. The molecule has 0 saturated carbocycles. The maximum atomic E-state index is 12.9. The minimum absolute atomic E-state index is 0.0845. The number of unbranched alkanes of at least 4 members (excludes halogenated alkanes) is 2. The summed E-state index contributed by atoms with van der Waals surface area (Å²) in [5.41, 5.74) is -5.38. The highest BCUT2D eigenvalue weighted by Gasteiger charge is 2.35. The van der Waals surface area contributed by atoms with Gasteiger partial charge in [-0.3, -0.25) is 9.59 Å². The zero-order valence-electron chi connectivity index (χ0n) is 16.6. The van der Waals surface area contributed by atoms with Crippen molar-refractivity contribution in [2.75, 3.05) is 12.4 Å². The Bertz CT molecular complexity index is 1240. The molecule has 0 aliphatic carbocycles. The lowest BCUT2D eigenvalue weighted by atomic mass is 10.2. The largest absolute Gasteiger partial charge is 0.433 e. The fourth-order valence-corrected chi connectivity index (χ4v) is 3.68. The van der Waals surface area contributed by atoms with Gasteiger partial charge in [0.05, 0.1) is 16.3 Å². The van der Waals surface area contributed by atoms with Gasteiger partial charge in [-0.15, -0.1) is 0 Å². The topological polar surface area (TPSA) is 145 Å². The van der Waals surface area contributed by atoms with Gasteiger partial charge >= 0.3 is 22.1 Å². The SMILES string of the molecule is CCCCCNS(=O)(=O)NC(=O)c1cc(-n2c(=O)cc(C(F)(F)F)n(N)c2=O)ccc1Cl. The van der Waals surface area contributed by atoms with Crippen molar-refractivity contribution in [3.8, 4) is 5.69 Å². The van der Waals surface area contributed by atoms with Crippen molar-refractivity contribution in [1.82, 2.24) is 18.7 Å². The molecule has 1 amide bonds. The summed E-state index contributed by atoms with van der Waals surface area (Å²) in [4.78, 5) is 36.9. The van der Waals surface area contributed by atoms with E-state index in [1.807, 2.05) is 6.92 Å². The van der Waals surface area contributed by atoms with Crippen LogP contribution in [0.1, 0.15) is 42.2 Å². The van der Waals surface area contributed by atoms with E-state index in [4.69, 9.17) is 17.4 Å². The van der Waals surface area contributed by atoms with Crippen LogP contribution in [0.5, 0.6) is 0 Å². The van der Waals surface area contributed by atoms with Crippen molar-refractivity contribution < 1.29 is 26.4 Å². The van der Waals surface area contributed by atoms with Gasteiger partial charge in [0.25, 0.3) is 11.5 Å². The molecule has 1 heterocycles. The normalized spacial score (nSPS) is 12.0. The third-order valence-electron chi connectivity index (χ3n) is 4.18. The second-order valence-electron chi connectivity index (χ2n) is 6.55. The van der Waals surface area contributed by atoms with E-state index in [0.717, 1.165) is 31.0 Å². The van der Waals surface area contributed by atoms with Crippen LogP contribution in [0.15, 0.2) is 33.9 Å². The Morgan fingerprint density at radius 1 is 1.19 bits per heavy atom. The quantitative estimate of drug-likeness (QED) is 0.368. The van der Waals surface area contributed by atoms with Gasteiger partial charge in [0, 0.05) is 12.6 Å².